The number of hydrogen-bond donors (Lipinski definition) is 1. The molecule has 0 radical (unpaired) electrons. The second-order valence-electron chi connectivity index (χ2n) is 3.85. The monoisotopic (exact) mass is 264 g/mol. The summed E-state index contributed by atoms with van der Waals surface area (Å²) in [4.78, 5) is 4.25. The Labute approximate surface area is 110 Å². The summed E-state index contributed by atoms with van der Waals surface area (Å²) < 4.78 is 10.6. The number of thiazole rings is 1. The molecule has 5 heteroatoms. The van der Waals surface area contributed by atoms with Gasteiger partial charge in [-0.1, -0.05) is 0 Å². The third-order valence-electron chi connectivity index (χ3n) is 2.71. The van der Waals surface area contributed by atoms with Crippen LogP contribution in [-0.4, -0.2) is 19.2 Å². The van der Waals surface area contributed by atoms with Gasteiger partial charge in [0.25, 0.3) is 0 Å². The third kappa shape index (κ3) is 2.92. The molecule has 18 heavy (non-hydrogen) atoms. The van der Waals surface area contributed by atoms with Crippen LogP contribution in [0.1, 0.15) is 11.3 Å². The fourth-order valence-corrected chi connectivity index (χ4v) is 2.37. The lowest BCUT2D eigenvalue weighted by molar-refractivity contribution is 0.398. The third-order valence-corrected chi connectivity index (χ3v) is 3.43. The van der Waals surface area contributed by atoms with Gasteiger partial charge in [0, 0.05) is 5.38 Å². The van der Waals surface area contributed by atoms with Gasteiger partial charge in [0.05, 0.1) is 19.9 Å². The van der Waals surface area contributed by atoms with Crippen LogP contribution in [0.15, 0.2) is 23.6 Å². The zero-order valence-corrected chi connectivity index (χ0v) is 11.3. The fraction of sp³-hybridized carbons (Fsp3) is 0.308. The van der Waals surface area contributed by atoms with Gasteiger partial charge in [-0.3, -0.25) is 0 Å². The van der Waals surface area contributed by atoms with Gasteiger partial charge in [-0.15, -0.1) is 11.3 Å². The summed E-state index contributed by atoms with van der Waals surface area (Å²) >= 11 is 1.47. The van der Waals surface area contributed by atoms with Gasteiger partial charge in [-0.2, -0.15) is 0 Å². The van der Waals surface area contributed by atoms with Crippen LogP contribution in [0.4, 0.5) is 5.13 Å². The van der Waals surface area contributed by atoms with Crippen LogP contribution in [0.5, 0.6) is 11.5 Å². The topological polar surface area (TPSA) is 57.4 Å². The fourth-order valence-electron chi connectivity index (χ4n) is 1.78. The van der Waals surface area contributed by atoms with E-state index >= 15 is 0 Å². The second kappa shape index (κ2) is 5.73. The summed E-state index contributed by atoms with van der Waals surface area (Å²) in [5.41, 5.74) is 7.74. The molecule has 0 amide bonds. The average Bonchev–Trinajstić information content (AvgIpc) is 2.81. The van der Waals surface area contributed by atoms with E-state index in [1.165, 1.54) is 11.3 Å². The smallest absolute Gasteiger partial charge is 0.180 e. The molecule has 0 unspecified atom stereocenters. The summed E-state index contributed by atoms with van der Waals surface area (Å²) in [6.45, 7) is 0. The van der Waals surface area contributed by atoms with Crippen molar-refractivity contribution in [2.45, 2.75) is 12.8 Å². The van der Waals surface area contributed by atoms with Crippen molar-refractivity contribution in [2.24, 2.45) is 0 Å². The first-order chi connectivity index (χ1) is 8.72. The lowest BCUT2D eigenvalue weighted by Gasteiger charge is -2.09. The highest BCUT2D eigenvalue weighted by molar-refractivity contribution is 7.13. The number of nitrogens with zero attached hydrogens (tertiary/aromatic N) is 1. The maximum Gasteiger partial charge on any atom is 0.180 e. The van der Waals surface area contributed by atoms with Gasteiger partial charge in [0.15, 0.2) is 5.13 Å². The van der Waals surface area contributed by atoms with Crippen LogP contribution in [0.2, 0.25) is 0 Å². The Hall–Kier alpha value is -1.75. The molecule has 2 N–H and O–H groups in total. The van der Waals surface area contributed by atoms with Gasteiger partial charge in [0.2, 0.25) is 0 Å². The Morgan fingerprint density at radius 2 is 2.06 bits per heavy atom. The van der Waals surface area contributed by atoms with Crippen LogP contribution in [0.25, 0.3) is 0 Å². The van der Waals surface area contributed by atoms with Crippen molar-refractivity contribution in [3.05, 3.63) is 34.8 Å². The molecule has 0 aliphatic heterocycles. The number of hydrogen-bond acceptors (Lipinski definition) is 5. The maximum absolute atomic E-state index is 5.61. The second-order valence-corrected chi connectivity index (χ2v) is 4.74. The van der Waals surface area contributed by atoms with Gasteiger partial charge < -0.3 is 15.2 Å². The molecule has 0 fully saturated rings. The molecule has 96 valence electrons. The number of aryl methyl sites for hydroxylation is 2. The van der Waals surface area contributed by atoms with Gasteiger partial charge in [-0.25, -0.2) is 4.98 Å². The highest BCUT2D eigenvalue weighted by atomic mass is 32.1. The normalized spacial score (nSPS) is 10.3. The molecule has 4 nitrogen and oxygen atoms in total. The highest BCUT2D eigenvalue weighted by Crippen LogP contribution is 2.25. The summed E-state index contributed by atoms with van der Waals surface area (Å²) in [7, 11) is 3.33. The van der Waals surface area contributed by atoms with Crippen LogP contribution in [0.3, 0.4) is 0 Å². The summed E-state index contributed by atoms with van der Waals surface area (Å²) in [5, 5.41) is 2.60. The largest absolute Gasteiger partial charge is 0.497 e. The Bertz CT molecular complexity index is 525. The van der Waals surface area contributed by atoms with E-state index in [0.717, 1.165) is 35.6 Å². The van der Waals surface area contributed by atoms with Crippen LogP contribution in [0, 0.1) is 0 Å². The van der Waals surface area contributed by atoms with Gasteiger partial charge in [0.1, 0.15) is 11.5 Å². The zero-order valence-electron chi connectivity index (χ0n) is 10.5. The number of anilines is 1. The minimum Gasteiger partial charge on any atom is -0.497 e. The molecular weight excluding hydrogens is 248 g/mol. The van der Waals surface area contributed by atoms with Crippen molar-refractivity contribution < 1.29 is 9.47 Å². The molecular formula is C13H16N2O2S. The van der Waals surface area contributed by atoms with Crippen LogP contribution >= 0.6 is 11.3 Å². The number of nitrogen functional groups attached to an aromatic ring is 1. The lowest BCUT2D eigenvalue weighted by Crippen LogP contribution is -1.97. The lowest BCUT2D eigenvalue weighted by atomic mass is 10.1. The van der Waals surface area contributed by atoms with E-state index < -0.39 is 0 Å². The highest BCUT2D eigenvalue weighted by Gasteiger charge is 2.07. The maximum atomic E-state index is 5.61. The minimum atomic E-state index is 0.614. The van der Waals surface area contributed by atoms with Crippen molar-refractivity contribution >= 4 is 16.5 Å². The minimum absolute atomic E-state index is 0.614. The van der Waals surface area contributed by atoms with E-state index in [2.05, 4.69) is 4.98 Å². The molecule has 1 heterocycles. The number of ether oxygens (including phenoxy) is 2. The molecule has 1 aromatic heterocycles. The van der Waals surface area contributed by atoms with Gasteiger partial charge in [-0.05, 0) is 36.6 Å². The number of benzene rings is 1. The van der Waals surface area contributed by atoms with Crippen molar-refractivity contribution in [2.75, 3.05) is 20.0 Å². The molecule has 0 spiro atoms. The predicted octanol–water partition coefficient (Wildman–Crippen LogP) is 2.53. The first kappa shape index (κ1) is 12.7. The molecule has 0 bridgehead atoms. The van der Waals surface area contributed by atoms with E-state index in [9.17, 15) is 0 Å². The Morgan fingerprint density at radius 1 is 1.22 bits per heavy atom. The van der Waals surface area contributed by atoms with Gasteiger partial charge >= 0.3 is 0 Å². The summed E-state index contributed by atoms with van der Waals surface area (Å²) in [6, 6.07) is 5.81. The summed E-state index contributed by atoms with van der Waals surface area (Å²) in [5.74, 6) is 1.71. The molecule has 1 aromatic carbocycles. The Balaban J connectivity index is 2.11. The predicted molar refractivity (Wildman–Crippen MR) is 73.5 cm³/mol. The number of nitrogens with two attached hydrogens (primary N) is 1. The number of aromatic nitrogens is 1. The van der Waals surface area contributed by atoms with Crippen molar-refractivity contribution in [3.8, 4) is 11.5 Å². The van der Waals surface area contributed by atoms with Crippen LogP contribution < -0.4 is 15.2 Å². The van der Waals surface area contributed by atoms with Crippen molar-refractivity contribution in [3.63, 3.8) is 0 Å². The molecule has 0 aliphatic carbocycles. The molecule has 0 saturated carbocycles. The molecule has 2 rings (SSSR count). The average molecular weight is 264 g/mol. The first-order valence-electron chi connectivity index (χ1n) is 5.63. The molecule has 0 aliphatic rings. The zero-order chi connectivity index (χ0) is 13.0. The van der Waals surface area contributed by atoms with E-state index in [1.54, 1.807) is 14.2 Å². The first-order valence-corrected chi connectivity index (χ1v) is 6.51. The standard InChI is InChI=1S/C13H16N2O2S/c1-16-11-5-6-12(17-2)9(7-11)3-4-10-8-18-13(14)15-10/h5-8H,3-4H2,1-2H3,(H2,14,15). The van der Waals surface area contributed by atoms with Crippen molar-refractivity contribution in [1.29, 1.82) is 0 Å². The molecule has 0 atom stereocenters. The number of rotatable bonds is 5. The number of methoxy groups -OCH3 is 2. The Morgan fingerprint density at radius 3 is 2.67 bits per heavy atom. The van der Waals surface area contributed by atoms with E-state index in [0.29, 0.717) is 5.13 Å². The SMILES string of the molecule is COc1ccc(OC)c(CCc2csc(N)n2)c1. The molecule has 0 saturated heterocycles. The van der Waals surface area contributed by atoms with E-state index in [4.69, 9.17) is 15.2 Å². The Kier molecular flexibility index (Phi) is 4.04. The van der Waals surface area contributed by atoms with E-state index in [-0.39, 0.29) is 0 Å². The van der Waals surface area contributed by atoms with E-state index in [1.807, 2.05) is 23.6 Å². The quantitative estimate of drug-likeness (QED) is 0.901. The van der Waals surface area contributed by atoms with Crippen LogP contribution in [-0.2, 0) is 12.8 Å². The van der Waals surface area contributed by atoms with Crippen molar-refractivity contribution in [1.82, 2.24) is 4.98 Å². The molecule has 2 aromatic rings. The summed E-state index contributed by atoms with van der Waals surface area (Å²) in [6.07, 6.45) is 1.70.